The molecule has 4 rings (SSSR count). The van der Waals surface area contributed by atoms with Crippen LogP contribution in [0.4, 0.5) is 16.2 Å². The number of thiophene rings is 1. The van der Waals surface area contributed by atoms with Gasteiger partial charge in [-0.25, -0.2) is 9.00 Å². The number of carbonyl (C=O) groups excluding carboxylic acids is 1. The van der Waals surface area contributed by atoms with Crippen LogP contribution in [0.3, 0.4) is 0 Å². The Hall–Kier alpha value is -2.85. The molecule has 35 heavy (non-hydrogen) atoms. The molecule has 0 spiro atoms. The predicted molar refractivity (Wildman–Crippen MR) is 148 cm³/mol. The number of anilines is 2. The smallest absolute Gasteiger partial charge is 0.331 e. The third-order valence-corrected chi connectivity index (χ3v) is 7.81. The first-order valence-electron chi connectivity index (χ1n) is 10.7. The van der Waals surface area contributed by atoms with Gasteiger partial charge in [0, 0.05) is 24.3 Å². The van der Waals surface area contributed by atoms with Crippen LogP contribution in [0.5, 0.6) is 0 Å². The fourth-order valence-electron chi connectivity index (χ4n) is 3.34. The fraction of sp³-hybridized carbons (Fsp3) is 0.167. The van der Waals surface area contributed by atoms with E-state index in [2.05, 4.69) is 15.4 Å². The molecule has 2 amide bonds. The molecule has 1 unspecified atom stereocenters. The topological polar surface area (TPSA) is 92.2 Å². The zero-order valence-electron chi connectivity index (χ0n) is 19.4. The highest BCUT2D eigenvalue weighted by molar-refractivity contribution is 7.86. The summed E-state index contributed by atoms with van der Waals surface area (Å²) in [5.74, 6) is 0. The summed E-state index contributed by atoms with van der Waals surface area (Å²) in [5, 5.41) is 7.39. The summed E-state index contributed by atoms with van der Waals surface area (Å²) in [6.07, 6.45) is 1.70. The van der Waals surface area contributed by atoms with E-state index in [9.17, 15) is 13.8 Å². The van der Waals surface area contributed by atoms with Crippen molar-refractivity contribution in [3.63, 3.8) is 0 Å². The number of rotatable bonds is 5. The molecule has 4 aromatic rings. The Morgan fingerprint density at radius 2 is 1.80 bits per heavy atom. The number of urea groups is 1. The van der Waals surface area contributed by atoms with Crippen LogP contribution in [-0.4, -0.2) is 21.9 Å². The Morgan fingerprint density at radius 3 is 2.43 bits per heavy atom. The van der Waals surface area contributed by atoms with E-state index < -0.39 is 17.0 Å². The Morgan fingerprint density at radius 1 is 1.06 bits per heavy atom. The minimum atomic E-state index is -1.72. The van der Waals surface area contributed by atoms with Crippen LogP contribution in [0.25, 0.3) is 16.5 Å². The van der Waals surface area contributed by atoms with Crippen molar-refractivity contribution in [1.29, 1.82) is 0 Å². The maximum absolute atomic E-state index is 13.1. The number of hydrogen-bond acceptors (Lipinski definition) is 5. The van der Waals surface area contributed by atoms with E-state index in [0.29, 0.717) is 30.3 Å². The van der Waals surface area contributed by atoms with Crippen LogP contribution in [0.2, 0.25) is 9.36 Å². The van der Waals surface area contributed by atoms with E-state index in [0.717, 1.165) is 28.0 Å². The van der Waals surface area contributed by atoms with Gasteiger partial charge in [0.25, 0.3) is 5.56 Å². The van der Waals surface area contributed by atoms with Crippen molar-refractivity contribution in [2.75, 3.05) is 17.7 Å². The van der Waals surface area contributed by atoms with Gasteiger partial charge in [-0.1, -0.05) is 37.0 Å². The lowest BCUT2D eigenvalue weighted by Gasteiger charge is -2.13. The van der Waals surface area contributed by atoms with Crippen LogP contribution in [0.15, 0.2) is 63.7 Å². The minimum absolute atomic E-state index is 0.205. The summed E-state index contributed by atoms with van der Waals surface area (Å²) in [5.41, 5.74) is 2.46. The standard InChI is InChI=1S/C22H18Cl2N4O3S2.C2H6/c1-12-9-14(26-22(30)27-33(31)20-6-5-19(24)32-20)3-4-18(12)28-8-7-13-10-17(25-2)16(23)11-15(13)21(28)29;1-2/h3-11,25H,1-2H3,(H2,26,27,30);1-2H3. The molecular weight excluding hydrogens is 527 g/mol. The number of hydrogen-bond donors (Lipinski definition) is 3. The van der Waals surface area contributed by atoms with Crippen molar-refractivity contribution in [3.8, 4) is 5.69 Å². The molecule has 11 heteroatoms. The molecule has 2 aromatic heterocycles. The van der Waals surface area contributed by atoms with Crippen molar-refractivity contribution in [2.24, 2.45) is 0 Å². The average molecular weight is 552 g/mol. The molecule has 3 N–H and O–H groups in total. The van der Waals surface area contributed by atoms with E-state index in [1.807, 2.05) is 32.9 Å². The summed E-state index contributed by atoms with van der Waals surface area (Å²) in [6.45, 7) is 5.83. The lowest BCUT2D eigenvalue weighted by atomic mass is 10.1. The quantitative estimate of drug-likeness (QED) is 0.261. The van der Waals surface area contributed by atoms with Gasteiger partial charge in [0.1, 0.15) is 4.21 Å². The second kappa shape index (κ2) is 11.7. The maximum Gasteiger partial charge on any atom is 0.331 e. The summed E-state index contributed by atoms with van der Waals surface area (Å²) in [6, 6.07) is 13.0. The Bertz CT molecular complexity index is 1470. The molecule has 0 bridgehead atoms. The normalized spacial score (nSPS) is 11.4. The van der Waals surface area contributed by atoms with Crippen LogP contribution < -0.4 is 20.9 Å². The first-order valence-corrected chi connectivity index (χ1v) is 13.4. The zero-order chi connectivity index (χ0) is 25.7. The zero-order valence-corrected chi connectivity index (χ0v) is 22.6. The van der Waals surface area contributed by atoms with Gasteiger partial charge in [0.05, 0.1) is 20.7 Å². The highest BCUT2D eigenvalue weighted by Crippen LogP contribution is 2.27. The molecule has 0 aliphatic carbocycles. The number of nitrogens with one attached hydrogen (secondary N) is 3. The van der Waals surface area contributed by atoms with Crippen molar-refractivity contribution >= 4 is 73.7 Å². The van der Waals surface area contributed by atoms with Gasteiger partial charge in [0.2, 0.25) is 0 Å². The van der Waals surface area contributed by atoms with E-state index in [4.69, 9.17) is 23.2 Å². The predicted octanol–water partition coefficient (Wildman–Crippen LogP) is 6.58. The third-order valence-electron chi connectivity index (χ3n) is 4.89. The van der Waals surface area contributed by atoms with Gasteiger partial charge >= 0.3 is 6.03 Å². The number of carbonyl (C=O) groups is 1. The van der Waals surface area contributed by atoms with Gasteiger partial charge in [-0.2, -0.15) is 0 Å². The van der Waals surface area contributed by atoms with E-state index in [1.54, 1.807) is 49.6 Å². The molecule has 184 valence electrons. The van der Waals surface area contributed by atoms with Crippen molar-refractivity contribution < 1.29 is 9.00 Å². The highest BCUT2D eigenvalue weighted by Gasteiger charge is 2.13. The first kappa shape index (κ1) is 26.7. The van der Waals surface area contributed by atoms with Crippen LogP contribution in [0.1, 0.15) is 19.4 Å². The number of aryl methyl sites for hydroxylation is 1. The molecule has 0 radical (unpaired) electrons. The average Bonchev–Trinajstić information content (AvgIpc) is 3.28. The van der Waals surface area contributed by atoms with Crippen LogP contribution >= 0.6 is 34.5 Å². The molecule has 0 aliphatic heterocycles. The lowest BCUT2D eigenvalue weighted by molar-refractivity contribution is 0.257. The molecule has 0 saturated carbocycles. The summed E-state index contributed by atoms with van der Waals surface area (Å²) in [7, 11) is 0.0513. The first-order chi connectivity index (χ1) is 16.8. The number of aromatic nitrogens is 1. The molecule has 7 nitrogen and oxygen atoms in total. The second-order valence-electron chi connectivity index (χ2n) is 7.04. The number of nitrogens with zero attached hydrogens (tertiary/aromatic N) is 1. The molecule has 0 saturated heterocycles. The van der Waals surface area contributed by atoms with Gasteiger partial charge in [-0.15, -0.1) is 11.3 Å². The third kappa shape index (κ3) is 6.05. The SMILES string of the molecule is CC.CNc1cc2ccn(-c3ccc(NC(=O)NS(=O)c4ccc(Cl)s4)cc3C)c(=O)c2cc1Cl. The van der Waals surface area contributed by atoms with E-state index in [1.165, 1.54) is 4.57 Å². The van der Waals surface area contributed by atoms with Gasteiger partial charge in [-0.3, -0.25) is 14.1 Å². The van der Waals surface area contributed by atoms with Gasteiger partial charge in [0.15, 0.2) is 11.0 Å². The fourth-order valence-corrected chi connectivity index (χ4v) is 5.72. The van der Waals surface area contributed by atoms with E-state index in [-0.39, 0.29) is 5.56 Å². The summed E-state index contributed by atoms with van der Waals surface area (Å²) >= 11 is 13.2. The molecule has 0 fully saturated rings. The number of halogens is 2. The lowest BCUT2D eigenvalue weighted by Crippen LogP contribution is -2.30. The van der Waals surface area contributed by atoms with Crippen molar-refractivity contribution in [2.45, 2.75) is 25.0 Å². The maximum atomic E-state index is 13.1. The molecular formula is C24H24Cl2N4O3S2. The molecule has 2 aromatic carbocycles. The Labute approximate surface area is 219 Å². The molecule has 0 aliphatic rings. The second-order valence-corrected chi connectivity index (χ2v) is 10.6. The minimum Gasteiger partial charge on any atom is -0.387 e. The molecule has 2 heterocycles. The van der Waals surface area contributed by atoms with Gasteiger partial charge in [-0.05, 0) is 66.4 Å². The monoisotopic (exact) mass is 550 g/mol. The molecule has 1 atom stereocenters. The van der Waals surface area contributed by atoms with Crippen LogP contribution in [-0.2, 0) is 11.0 Å². The summed E-state index contributed by atoms with van der Waals surface area (Å²) in [4.78, 5) is 25.4. The number of fused-ring (bicyclic) bond motifs is 1. The van der Waals surface area contributed by atoms with Crippen molar-refractivity contribution in [1.82, 2.24) is 9.29 Å². The number of pyridine rings is 1. The largest absolute Gasteiger partial charge is 0.387 e. The van der Waals surface area contributed by atoms with Crippen LogP contribution in [0, 0.1) is 6.92 Å². The Balaban J connectivity index is 0.00000167. The van der Waals surface area contributed by atoms with E-state index >= 15 is 0 Å². The number of amides is 2. The summed E-state index contributed by atoms with van der Waals surface area (Å²) < 4.78 is 17.0. The van der Waals surface area contributed by atoms with Crippen molar-refractivity contribution in [3.05, 3.63) is 80.0 Å². The highest BCUT2D eigenvalue weighted by atomic mass is 35.5. The Kier molecular flexibility index (Phi) is 8.96. The number of benzene rings is 2. The van der Waals surface area contributed by atoms with Gasteiger partial charge < -0.3 is 10.6 Å².